The van der Waals surface area contributed by atoms with Gasteiger partial charge in [-0.2, -0.15) is 13.2 Å². The van der Waals surface area contributed by atoms with Gasteiger partial charge >= 0.3 is 6.18 Å². The van der Waals surface area contributed by atoms with Gasteiger partial charge in [0.25, 0.3) is 0 Å². The van der Waals surface area contributed by atoms with Crippen LogP contribution in [0.4, 0.5) is 24.9 Å². The normalized spacial score (nSPS) is 19.9. The Hall–Kier alpha value is -4.01. The molecule has 0 bridgehead atoms. The number of benzene rings is 2. The molecule has 1 aliphatic carbocycles. The predicted octanol–water partition coefficient (Wildman–Crippen LogP) is 7.95. The van der Waals surface area contributed by atoms with Gasteiger partial charge in [0.05, 0.1) is 17.3 Å². The summed E-state index contributed by atoms with van der Waals surface area (Å²) >= 11 is 0. The summed E-state index contributed by atoms with van der Waals surface area (Å²) in [6, 6.07) is 19.3. The Balaban J connectivity index is 1.41. The summed E-state index contributed by atoms with van der Waals surface area (Å²) < 4.78 is 40.8. The molecule has 1 N–H and O–H groups in total. The van der Waals surface area contributed by atoms with Crippen molar-refractivity contribution in [3.05, 3.63) is 84.1 Å². The number of hydrogen-bond donors (Lipinski definition) is 1. The number of hydrogen-bond acceptors (Lipinski definition) is 6. The standard InChI is InChI=1S/C32H33F3N6/c1-21(22-9-3-2-4-10-22)37-31-36-17-16-27(38-31)26-20-29(41-18-8-13-23-11-5-6-15-28(23)41)39-40-30(26)24-12-7-14-25(19-24)32(33,34)35/h2-4,7,9-10,12,14,16-17,19-21,23,28H,5-6,8,11,13,15,18H2,1H3,(H,36,37,38)/t21-,23?,28?/m0/s1. The molecule has 0 spiro atoms. The van der Waals surface area contributed by atoms with Crippen LogP contribution in [0.15, 0.2) is 72.9 Å². The van der Waals surface area contributed by atoms with E-state index in [1.54, 1.807) is 18.3 Å². The molecular formula is C32H33F3N6. The Bertz CT molecular complexity index is 1490. The largest absolute Gasteiger partial charge is 0.416 e. The molecular weight excluding hydrogens is 525 g/mol. The molecule has 0 radical (unpaired) electrons. The van der Waals surface area contributed by atoms with E-state index in [-0.39, 0.29) is 6.04 Å². The van der Waals surface area contributed by atoms with E-state index in [2.05, 4.69) is 25.4 Å². The molecule has 0 amide bonds. The van der Waals surface area contributed by atoms with E-state index in [0.29, 0.717) is 40.4 Å². The van der Waals surface area contributed by atoms with Crippen molar-refractivity contribution in [2.75, 3.05) is 16.8 Å². The van der Waals surface area contributed by atoms with E-state index in [4.69, 9.17) is 4.98 Å². The van der Waals surface area contributed by atoms with Gasteiger partial charge in [-0.25, -0.2) is 9.97 Å². The average Bonchev–Trinajstić information content (AvgIpc) is 3.01. The van der Waals surface area contributed by atoms with Gasteiger partial charge in [-0.05, 0) is 68.4 Å². The smallest absolute Gasteiger partial charge is 0.352 e. The van der Waals surface area contributed by atoms with Crippen molar-refractivity contribution >= 4 is 11.8 Å². The summed E-state index contributed by atoms with van der Waals surface area (Å²) in [5, 5.41) is 12.5. The van der Waals surface area contributed by atoms with Crippen molar-refractivity contribution in [3.8, 4) is 22.5 Å². The van der Waals surface area contributed by atoms with E-state index in [0.717, 1.165) is 42.9 Å². The molecule has 3 atom stereocenters. The van der Waals surface area contributed by atoms with Gasteiger partial charge in [-0.1, -0.05) is 55.3 Å². The SMILES string of the molecule is C[C@H](Nc1nccc(-c2cc(N3CCCC4CCCCC43)nnc2-c2cccc(C(F)(F)F)c2)n1)c1ccccc1. The van der Waals surface area contributed by atoms with E-state index in [9.17, 15) is 13.2 Å². The number of aromatic nitrogens is 4. The minimum Gasteiger partial charge on any atom is -0.352 e. The summed E-state index contributed by atoms with van der Waals surface area (Å²) in [5.74, 6) is 1.82. The molecule has 2 fully saturated rings. The Labute approximate surface area is 238 Å². The van der Waals surface area contributed by atoms with Gasteiger partial charge in [0.2, 0.25) is 5.95 Å². The van der Waals surface area contributed by atoms with Crippen LogP contribution in [0.2, 0.25) is 0 Å². The second kappa shape index (κ2) is 11.5. The van der Waals surface area contributed by atoms with E-state index < -0.39 is 11.7 Å². The Morgan fingerprint density at radius 1 is 0.902 bits per heavy atom. The fourth-order valence-electron chi connectivity index (χ4n) is 6.28. The highest BCUT2D eigenvalue weighted by Crippen LogP contribution is 2.40. The number of nitrogens with zero attached hydrogens (tertiary/aromatic N) is 5. The Kier molecular flexibility index (Phi) is 7.60. The van der Waals surface area contributed by atoms with Crippen LogP contribution in [-0.4, -0.2) is 32.8 Å². The fraction of sp³-hybridized carbons (Fsp3) is 0.375. The lowest BCUT2D eigenvalue weighted by atomic mass is 9.78. The summed E-state index contributed by atoms with van der Waals surface area (Å²) in [6.45, 7) is 2.92. The van der Waals surface area contributed by atoms with Crippen molar-refractivity contribution in [2.24, 2.45) is 5.92 Å². The summed E-state index contributed by atoms with van der Waals surface area (Å²) in [5.41, 5.74) is 2.26. The number of piperidine rings is 1. The minimum atomic E-state index is -4.47. The first-order chi connectivity index (χ1) is 19.9. The quantitative estimate of drug-likeness (QED) is 0.259. The highest BCUT2D eigenvalue weighted by atomic mass is 19.4. The third-order valence-electron chi connectivity index (χ3n) is 8.36. The van der Waals surface area contributed by atoms with E-state index in [1.807, 2.05) is 43.3 Å². The number of nitrogens with one attached hydrogen (secondary N) is 1. The number of rotatable bonds is 6. The molecule has 2 aromatic heterocycles. The Morgan fingerprint density at radius 3 is 2.54 bits per heavy atom. The molecule has 212 valence electrons. The maximum Gasteiger partial charge on any atom is 0.416 e. The molecule has 1 saturated carbocycles. The number of anilines is 2. The number of alkyl halides is 3. The summed E-state index contributed by atoms with van der Waals surface area (Å²) in [7, 11) is 0. The van der Waals surface area contributed by atoms with Crippen LogP contribution in [0, 0.1) is 5.92 Å². The van der Waals surface area contributed by atoms with Gasteiger partial charge in [-0.3, -0.25) is 0 Å². The fourth-order valence-corrected chi connectivity index (χ4v) is 6.28. The highest BCUT2D eigenvalue weighted by Gasteiger charge is 2.35. The maximum atomic E-state index is 13.6. The van der Waals surface area contributed by atoms with Crippen LogP contribution < -0.4 is 10.2 Å². The monoisotopic (exact) mass is 558 g/mol. The molecule has 2 aromatic carbocycles. The first-order valence-electron chi connectivity index (χ1n) is 14.3. The summed E-state index contributed by atoms with van der Waals surface area (Å²) in [4.78, 5) is 11.6. The molecule has 2 aliphatic rings. The average molecular weight is 559 g/mol. The van der Waals surface area contributed by atoms with Crippen molar-refractivity contribution in [1.29, 1.82) is 0 Å². The molecule has 41 heavy (non-hydrogen) atoms. The Morgan fingerprint density at radius 2 is 1.71 bits per heavy atom. The minimum absolute atomic E-state index is 0.0444. The second-order valence-corrected chi connectivity index (χ2v) is 11.0. The zero-order valence-electron chi connectivity index (χ0n) is 23.0. The van der Waals surface area contributed by atoms with E-state index in [1.165, 1.54) is 31.7 Å². The zero-order valence-corrected chi connectivity index (χ0v) is 23.0. The van der Waals surface area contributed by atoms with Crippen molar-refractivity contribution in [2.45, 2.75) is 63.7 Å². The van der Waals surface area contributed by atoms with Crippen LogP contribution >= 0.6 is 0 Å². The third-order valence-corrected chi connectivity index (χ3v) is 8.36. The molecule has 6 nitrogen and oxygen atoms in total. The highest BCUT2D eigenvalue weighted by molar-refractivity contribution is 5.81. The van der Waals surface area contributed by atoms with Gasteiger partial charge in [0.15, 0.2) is 5.82 Å². The number of halogens is 3. The lowest BCUT2D eigenvalue weighted by Crippen LogP contribution is -2.47. The van der Waals surface area contributed by atoms with E-state index >= 15 is 0 Å². The predicted molar refractivity (Wildman–Crippen MR) is 154 cm³/mol. The van der Waals surface area contributed by atoms with Crippen LogP contribution in [-0.2, 0) is 6.18 Å². The second-order valence-electron chi connectivity index (χ2n) is 11.0. The van der Waals surface area contributed by atoms with Gasteiger partial charge in [-0.15, -0.1) is 10.2 Å². The molecule has 9 heteroatoms. The third kappa shape index (κ3) is 5.89. The van der Waals surface area contributed by atoms with Gasteiger partial charge in [0, 0.05) is 29.9 Å². The molecule has 1 aliphatic heterocycles. The first kappa shape index (κ1) is 27.2. The van der Waals surface area contributed by atoms with Crippen LogP contribution in [0.25, 0.3) is 22.5 Å². The molecule has 1 saturated heterocycles. The lowest BCUT2D eigenvalue weighted by molar-refractivity contribution is -0.137. The molecule has 6 rings (SSSR count). The molecule has 2 unspecified atom stereocenters. The van der Waals surface area contributed by atoms with Crippen LogP contribution in [0.5, 0.6) is 0 Å². The molecule has 4 aromatic rings. The molecule has 3 heterocycles. The lowest BCUT2D eigenvalue weighted by Gasteiger charge is -2.44. The number of fused-ring (bicyclic) bond motifs is 1. The van der Waals surface area contributed by atoms with Crippen LogP contribution in [0.1, 0.15) is 62.6 Å². The van der Waals surface area contributed by atoms with Crippen LogP contribution in [0.3, 0.4) is 0 Å². The first-order valence-corrected chi connectivity index (χ1v) is 14.3. The maximum absolute atomic E-state index is 13.6. The van der Waals surface area contributed by atoms with Crippen molar-refractivity contribution < 1.29 is 13.2 Å². The summed E-state index contributed by atoms with van der Waals surface area (Å²) in [6.07, 6.45) is 4.32. The van der Waals surface area contributed by atoms with Crippen molar-refractivity contribution in [3.63, 3.8) is 0 Å². The van der Waals surface area contributed by atoms with Gasteiger partial charge in [0.1, 0.15) is 5.69 Å². The topological polar surface area (TPSA) is 66.8 Å². The zero-order chi connectivity index (χ0) is 28.4. The van der Waals surface area contributed by atoms with Crippen molar-refractivity contribution in [1.82, 2.24) is 20.2 Å². The van der Waals surface area contributed by atoms with Gasteiger partial charge < -0.3 is 10.2 Å².